The van der Waals surface area contributed by atoms with Gasteiger partial charge in [-0.05, 0) is 64.0 Å². The molecule has 4 rings (SSSR count). The fourth-order valence-corrected chi connectivity index (χ4v) is 5.63. The molecule has 1 aliphatic carbocycles. The third kappa shape index (κ3) is 5.00. The number of ether oxygens (including phenoxy) is 1. The maximum atomic E-state index is 14.8. The lowest BCUT2D eigenvalue weighted by atomic mass is 9.73. The quantitative estimate of drug-likeness (QED) is 0.433. The Balaban J connectivity index is 1.53. The summed E-state index contributed by atoms with van der Waals surface area (Å²) < 4.78 is 22.6. The topological polar surface area (TPSA) is 97.9 Å². The average molecular weight is 481 g/mol. The fraction of sp³-hybridized carbons (Fsp3) is 0.593. The minimum atomic E-state index is -0.921. The lowest BCUT2D eigenvalue weighted by molar-refractivity contribution is -0.185. The van der Waals surface area contributed by atoms with Crippen molar-refractivity contribution in [3.63, 3.8) is 0 Å². The third-order valence-corrected chi connectivity index (χ3v) is 7.72. The van der Waals surface area contributed by atoms with Crippen LogP contribution >= 0.6 is 0 Å². The van der Waals surface area contributed by atoms with Crippen LogP contribution < -0.4 is 0 Å². The van der Waals surface area contributed by atoms with Gasteiger partial charge in [-0.1, -0.05) is 25.0 Å². The zero-order valence-electron chi connectivity index (χ0n) is 20.9. The van der Waals surface area contributed by atoms with Gasteiger partial charge in [-0.25, -0.2) is 9.37 Å². The Morgan fingerprint density at radius 1 is 1.29 bits per heavy atom. The van der Waals surface area contributed by atoms with Crippen molar-refractivity contribution < 1.29 is 18.7 Å². The molecule has 0 bridgehead atoms. The molecule has 1 aromatic heterocycles. The molecule has 1 saturated heterocycles. The maximum absolute atomic E-state index is 14.8. The number of nitriles is 1. The number of aromatic nitrogens is 3. The predicted molar refractivity (Wildman–Crippen MR) is 127 cm³/mol. The number of halogens is 1. The standard InChI is InChI=1S/C27H33FN4O3/c1-17-30-24(32(4)31-17)14-20-23(33)15-27(35-25(20)34,19-7-5-6-8-19)12-11-18-9-10-21(22(28)13-18)26(2,3)16-29/h9-10,13,19-20H,5-8,11-12,14-15H2,1-4H3. The molecule has 0 N–H and O–H groups in total. The van der Waals surface area contributed by atoms with E-state index in [1.807, 2.05) is 6.07 Å². The molecule has 35 heavy (non-hydrogen) atoms. The summed E-state index contributed by atoms with van der Waals surface area (Å²) in [4.78, 5) is 30.8. The van der Waals surface area contributed by atoms with Crippen molar-refractivity contribution in [2.45, 2.75) is 83.2 Å². The van der Waals surface area contributed by atoms with E-state index in [4.69, 9.17) is 4.74 Å². The summed E-state index contributed by atoms with van der Waals surface area (Å²) in [5.41, 5.74) is -0.666. The molecule has 2 fully saturated rings. The fourth-order valence-electron chi connectivity index (χ4n) is 5.63. The van der Waals surface area contributed by atoms with Crippen LogP contribution in [0.1, 0.15) is 75.1 Å². The monoisotopic (exact) mass is 480 g/mol. The third-order valence-electron chi connectivity index (χ3n) is 7.72. The number of nitrogens with zero attached hydrogens (tertiary/aromatic N) is 4. The van der Waals surface area contributed by atoms with Crippen LogP contribution in [0.5, 0.6) is 0 Å². The van der Waals surface area contributed by atoms with Crippen LogP contribution in [0.25, 0.3) is 0 Å². The normalized spacial score (nSPS) is 23.4. The predicted octanol–water partition coefficient (Wildman–Crippen LogP) is 4.30. The van der Waals surface area contributed by atoms with Gasteiger partial charge >= 0.3 is 5.97 Å². The molecular formula is C27H33FN4O3. The molecule has 2 heterocycles. The van der Waals surface area contributed by atoms with Crippen molar-refractivity contribution in [2.24, 2.45) is 18.9 Å². The van der Waals surface area contributed by atoms with Gasteiger partial charge in [0.2, 0.25) is 0 Å². The second-order valence-electron chi connectivity index (χ2n) is 10.6. The van der Waals surface area contributed by atoms with E-state index < -0.39 is 28.7 Å². The molecule has 1 saturated carbocycles. The zero-order chi connectivity index (χ0) is 25.4. The Kier molecular flexibility index (Phi) is 6.81. The van der Waals surface area contributed by atoms with Crippen LogP contribution in [-0.2, 0) is 39.6 Å². The molecule has 0 radical (unpaired) electrons. The number of hydrogen-bond donors (Lipinski definition) is 0. The van der Waals surface area contributed by atoms with Gasteiger partial charge in [0.15, 0.2) is 5.78 Å². The molecular weight excluding hydrogens is 447 g/mol. The van der Waals surface area contributed by atoms with Crippen LogP contribution in [0, 0.1) is 35.9 Å². The van der Waals surface area contributed by atoms with Gasteiger partial charge in [0.05, 0.1) is 11.5 Å². The van der Waals surface area contributed by atoms with Crippen molar-refractivity contribution >= 4 is 11.8 Å². The highest BCUT2D eigenvalue weighted by Crippen LogP contribution is 2.45. The van der Waals surface area contributed by atoms with E-state index in [1.54, 1.807) is 38.6 Å². The highest BCUT2D eigenvalue weighted by atomic mass is 19.1. The number of cyclic esters (lactones) is 1. The number of ketones is 1. The van der Waals surface area contributed by atoms with Crippen LogP contribution in [0.3, 0.4) is 0 Å². The van der Waals surface area contributed by atoms with Crippen molar-refractivity contribution in [1.29, 1.82) is 5.26 Å². The minimum Gasteiger partial charge on any atom is -0.458 e. The number of aryl methyl sites for hydroxylation is 3. The van der Waals surface area contributed by atoms with Gasteiger partial charge < -0.3 is 4.74 Å². The number of carbonyl (C=O) groups is 2. The first-order chi connectivity index (χ1) is 16.5. The van der Waals surface area contributed by atoms with E-state index in [-0.39, 0.29) is 24.5 Å². The summed E-state index contributed by atoms with van der Waals surface area (Å²) in [6.45, 7) is 5.14. The molecule has 1 aliphatic heterocycles. The number of benzene rings is 1. The summed E-state index contributed by atoms with van der Waals surface area (Å²) in [7, 11) is 1.75. The summed E-state index contributed by atoms with van der Waals surface area (Å²) in [5, 5.41) is 13.6. The van der Waals surface area contributed by atoms with Crippen molar-refractivity contribution in [1.82, 2.24) is 14.8 Å². The van der Waals surface area contributed by atoms with Gasteiger partial charge in [0, 0.05) is 25.5 Å². The Morgan fingerprint density at radius 2 is 2.00 bits per heavy atom. The molecule has 2 aromatic rings. The first kappa shape index (κ1) is 25.0. The van der Waals surface area contributed by atoms with Crippen LogP contribution in [0.15, 0.2) is 18.2 Å². The SMILES string of the molecule is Cc1nc(CC2C(=O)CC(CCc3ccc(C(C)(C)C#N)c(F)c3)(C3CCCC3)OC2=O)n(C)n1. The van der Waals surface area contributed by atoms with Gasteiger partial charge in [-0.3, -0.25) is 14.3 Å². The summed E-state index contributed by atoms with van der Waals surface area (Å²) in [6, 6.07) is 7.08. The highest BCUT2D eigenvalue weighted by molar-refractivity contribution is 6.01. The van der Waals surface area contributed by atoms with Crippen LogP contribution in [-0.4, -0.2) is 32.1 Å². The molecule has 2 aliphatic rings. The summed E-state index contributed by atoms with van der Waals surface area (Å²) in [5.74, 6) is -0.610. The average Bonchev–Trinajstić information content (AvgIpc) is 3.45. The lowest BCUT2D eigenvalue weighted by Gasteiger charge is -2.43. The highest BCUT2D eigenvalue weighted by Gasteiger charge is 2.51. The molecule has 0 spiro atoms. The summed E-state index contributed by atoms with van der Waals surface area (Å²) in [6.07, 6.45) is 5.22. The number of carbonyl (C=O) groups excluding carboxylic acids is 2. The molecule has 1 aromatic carbocycles. The van der Waals surface area contributed by atoms with Crippen LogP contribution in [0.2, 0.25) is 0 Å². The van der Waals surface area contributed by atoms with E-state index in [0.717, 1.165) is 31.2 Å². The molecule has 2 unspecified atom stereocenters. The zero-order valence-corrected chi connectivity index (χ0v) is 20.9. The largest absolute Gasteiger partial charge is 0.458 e. The molecule has 8 heteroatoms. The summed E-state index contributed by atoms with van der Waals surface area (Å²) >= 11 is 0. The van der Waals surface area contributed by atoms with Gasteiger partial charge in [0.25, 0.3) is 0 Å². The number of hydrogen-bond acceptors (Lipinski definition) is 6. The number of esters is 1. The van der Waals surface area contributed by atoms with Crippen molar-refractivity contribution in [2.75, 3.05) is 0 Å². The Labute approximate surface area is 205 Å². The molecule has 2 atom stereocenters. The Morgan fingerprint density at radius 3 is 2.57 bits per heavy atom. The lowest BCUT2D eigenvalue weighted by Crippen LogP contribution is -2.52. The van der Waals surface area contributed by atoms with Crippen LogP contribution in [0.4, 0.5) is 4.39 Å². The van der Waals surface area contributed by atoms with E-state index >= 15 is 0 Å². The Hall–Kier alpha value is -3.08. The van der Waals surface area contributed by atoms with E-state index in [1.165, 1.54) is 6.07 Å². The van der Waals surface area contributed by atoms with E-state index in [2.05, 4.69) is 16.2 Å². The first-order valence-electron chi connectivity index (χ1n) is 12.4. The minimum absolute atomic E-state index is 0.119. The first-order valence-corrected chi connectivity index (χ1v) is 12.4. The molecule has 0 amide bonds. The molecule has 186 valence electrons. The second-order valence-corrected chi connectivity index (χ2v) is 10.6. The Bertz CT molecular complexity index is 1160. The van der Waals surface area contributed by atoms with Crippen molar-refractivity contribution in [3.8, 4) is 6.07 Å². The number of Topliss-reactive ketones (excluding diaryl/α,β-unsaturated/α-hetero) is 1. The number of rotatable bonds is 7. The maximum Gasteiger partial charge on any atom is 0.317 e. The van der Waals surface area contributed by atoms with Gasteiger partial charge in [-0.15, -0.1) is 0 Å². The van der Waals surface area contributed by atoms with Gasteiger partial charge in [0.1, 0.15) is 29.0 Å². The smallest absolute Gasteiger partial charge is 0.317 e. The van der Waals surface area contributed by atoms with Gasteiger partial charge in [-0.2, -0.15) is 10.4 Å². The van der Waals surface area contributed by atoms with Crippen molar-refractivity contribution in [3.05, 3.63) is 46.8 Å². The second kappa shape index (κ2) is 9.52. The van der Waals surface area contributed by atoms with E-state index in [9.17, 15) is 19.2 Å². The van der Waals surface area contributed by atoms with E-state index in [0.29, 0.717) is 30.1 Å². The molecule has 7 nitrogen and oxygen atoms in total.